The molecule has 1 heterocycles. The maximum Gasteiger partial charge on any atom is 0.123 e. The molecule has 9 heavy (non-hydrogen) atoms. The average Bonchev–Trinajstić information content (AvgIpc) is 2.18. The lowest BCUT2D eigenvalue weighted by Gasteiger charge is -2.00. The second-order valence-corrected chi connectivity index (χ2v) is 1.86. The Morgan fingerprint density at radius 1 is 1.78 bits per heavy atom. The number of aryl methyl sites for hydroxylation is 1. The van der Waals surface area contributed by atoms with Crippen molar-refractivity contribution in [3.8, 4) is 0 Å². The van der Waals surface area contributed by atoms with Gasteiger partial charge in [-0.05, 0) is 6.92 Å². The Morgan fingerprint density at radius 2 is 2.56 bits per heavy atom. The summed E-state index contributed by atoms with van der Waals surface area (Å²) in [4.78, 5) is 4.02. The normalized spacial score (nSPS) is 10.0. The molecule has 0 amide bonds. The molecule has 0 N–H and O–H groups in total. The van der Waals surface area contributed by atoms with E-state index >= 15 is 0 Å². The van der Waals surface area contributed by atoms with E-state index in [1.165, 1.54) is 0 Å². The van der Waals surface area contributed by atoms with E-state index < -0.39 is 0 Å². The molecule has 50 valence electrons. The summed E-state index contributed by atoms with van der Waals surface area (Å²) in [6.07, 6.45) is 3.65. The van der Waals surface area contributed by atoms with Crippen LogP contribution in [0.4, 0.5) is 0 Å². The summed E-state index contributed by atoms with van der Waals surface area (Å²) >= 11 is 0. The van der Waals surface area contributed by atoms with Crippen molar-refractivity contribution in [2.45, 2.75) is 13.7 Å². The zero-order valence-corrected chi connectivity index (χ0v) is 5.66. The second-order valence-electron chi connectivity index (χ2n) is 1.86. The predicted molar refractivity (Wildman–Crippen MR) is 34.0 cm³/mol. The van der Waals surface area contributed by atoms with Crippen LogP contribution in [0.25, 0.3) is 0 Å². The molecule has 0 aromatic carbocycles. The van der Waals surface area contributed by atoms with Crippen molar-refractivity contribution in [1.82, 2.24) is 9.55 Å². The van der Waals surface area contributed by atoms with Crippen molar-refractivity contribution in [3.63, 3.8) is 0 Å². The van der Waals surface area contributed by atoms with Gasteiger partial charge in [-0.2, -0.15) is 0 Å². The van der Waals surface area contributed by atoms with Crippen LogP contribution in [-0.2, 0) is 11.5 Å². The summed E-state index contributed by atoms with van der Waals surface area (Å²) in [5.41, 5.74) is 0. The zero-order valence-electron chi connectivity index (χ0n) is 5.66. The Balaban J connectivity index is 2.69. The highest BCUT2D eigenvalue weighted by molar-refractivity contribution is 4.86. The molecule has 3 nitrogen and oxygen atoms in total. The van der Waals surface area contributed by atoms with Crippen molar-refractivity contribution >= 4 is 0 Å². The van der Waals surface area contributed by atoms with Gasteiger partial charge in [-0.15, -0.1) is 0 Å². The number of methoxy groups -OCH3 is 1. The first-order chi connectivity index (χ1) is 4.34. The van der Waals surface area contributed by atoms with E-state index in [9.17, 15) is 0 Å². The van der Waals surface area contributed by atoms with Crippen LogP contribution in [0.5, 0.6) is 0 Å². The summed E-state index contributed by atoms with van der Waals surface area (Å²) in [7, 11) is 1.67. The molecule has 3 heteroatoms. The highest BCUT2D eigenvalue weighted by Gasteiger charge is 1.91. The highest BCUT2D eigenvalue weighted by atomic mass is 16.5. The Morgan fingerprint density at radius 3 is 3.00 bits per heavy atom. The van der Waals surface area contributed by atoms with Crippen molar-refractivity contribution in [3.05, 3.63) is 18.2 Å². The van der Waals surface area contributed by atoms with Crippen LogP contribution in [0.2, 0.25) is 0 Å². The maximum atomic E-state index is 4.89. The first-order valence-electron chi connectivity index (χ1n) is 2.81. The molecule has 1 aromatic heterocycles. The first-order valence-corrected chi connectivity index (χ1v) is 2.81. The minimum atomic E-state index is 0.589. The van der Waals surface area contributed by atoms with E-state index in [4.69, 9.17) is 4.74 Å². The number of aromatic nitrogens is 2. The largest absolute Gasteiger partial charge is 0.364 e. The van der Waals surface area contributed by atoms with Crippen molar-refractivity contribution in [2.75, 3.05) is 7.11 Å². The predicted octanol–water partition coefficient (Wildman–Crippen LogP) is 0.795. The highest BCUT2D eigenvalue weighted by Crippen LogP contribution is 1.93. The van der Waals surface area contributed by atoms with Crippen LogP contribution in [0.15, 0.2) is 12.4 Å². The second kappa shape index (κ2) is 2.64. The Bertz CT molecular complexity index is 183. The number of imidazole rings is 1. The van der Waals surface area contributed by atoms with Gasteiger partial charge in [0.15, 0.2) is 0 Å². The number of ether oxygens (including phenoxy) is 1. The summed E-state index contributed by atoms with van der Waals surface area (Å²) in [6, 6.07) is 0. The fraction of sp³-hybridized carbons (Fsp3) is 0.500. The van der Waals surface area contributed by atoms with Crippen LogP contribution in [0.3, 0.4) is 0 Å². The molecule has 0 spiro atoms. The molecule has 0 atom stereocenters. The molecule has 0 aliphatic heterocycles. The quantitative estimate of drug-likeness (QED) is 0.586. The van der Waals surface area contributed by atoms with Gasteiger partial charge in [0.05, 0.1) is 0 Å². The Kier molecular flexibility index (Phi) is 1.85. The van der Waals surface area contributed by atoms with Crippen LogP contribution in [0, 0.1) is 6.92 Å². The summed E-state index contributed by atoms with van der Waals surface area (Å²) in [5, 5.41) is 0. The number of nitrogens with zero attached hydrogens (tertiary/aromatic N) is 2. The monoisotopic (exact) mass is 126 g/mol. The molecule has 0 aliphatic carbocycles. The molecular weight excluding hydrogens is 116 g/mol. The maximum absolute atomic E-state index is 4.89. The fourth-order valence-electron chi connectivity index (χ4n) is 0.679. The standard InChI is InChI=1S/C6H10N2O/c1-6-7-3-4-8(6)5-9-2/h3-4H,5H2,1-2H3. The van der Waals surface area contributed by atoms with E-state index in [2.05, 4.69) is 4.98 Å². The molecule has 1 aromatic rings. The molecule has 0 bridgehead atoms. The molecule has 0 unspecified atom stereocenters. The lowest BCUT2D eigenvalue weighted by molar-refractivity contribution is 0.129. The van der Waals surface area contributed by atoms with E-state index in [1.54, 1.807) is 13.3 Å². The number of rotatable bonds is 2. The van der Waals surface area contributed by atoms with Gasteiger partial charge in [0, 0.05) is 19.5 Å². The van der Waals surface area contributed by atoms with Crippen LogP contribution >= 0.6 is 0 Å². The zero-order chi connectivity index (χ0) is 6.69. The van der Waals surface area contributed by atoms with Gasteiger partial charge < -0.3 is 9.30 Å². The van der Waals surface area contributed by atoms with Crippen molar-refractivity contribution in [2.24, 2.45) is 0 Å². The van der Waals surface area contributed by atoms with Crippen LogP contribution < -0.4 is 0 Å². The van der Waals surface area contributed by atoms with Gasteiger partial charge in [-0.1, -0.05) is 0 Å². The molecular formula is C6H10N2O. The van der Waals surface area contributed by atoms with Gasteiger partial charge in [0.1, 0.15) is 12.6 Å². The van der Waals surface area contributed by atoms with E-state index in [0.29, 0.717) is 6.73 Å². The van der Waals surface area contributed by atoms with Gasteiger partial charge in [-0.25, -0.2) is 4.98 Å². The van der Waals surface area contributed by atoms with Crippen LogP contribution in [-0.4, -0.2) is 16.7 Å². The van der Waals surface area contributed by atoms with Gasteiger partial charge in [0.2, 0.25) is 0 Å². The smallest absolute Gasteiger partial charge is 0.123 e. The lowest BCUT2D eigenvalue weighted by Crippen LogP contribution is -1.99. The van der Waals surface area contributed by atoms with Crippen molar-refractivity contribution in [1.29, 1.82) is 0 Å². The lowest BCUT2D eigenvalue weighted by atomic mass is 10.7. The van der Waals surface area contributed by atoms with Gasteiger partial charge in [-0.3, -0.25) is 0 Å². The number of hydrogen-bond acceptors (Lipinski definition) is 2. The van der Waals surface area contributed by atoms with Gasteiger partial charge in [0.25, 0.3) is 0 Å². The molecule has 0 fully saturated rings. The van der Waals surface area contributed by atoms with Gasteiger partial charge >= 0.3 is 0 Å². The Hall–Kier alpha value is -0.830. The number of hydrogen-bond donors (Lipinski definition) is 0. The fourth-order valence-corrected chi connectivity index (χ4v) is 0.679. The van der Waals surface area contributed by atoms with E-state index in [-0.39, 0.29) is 0 Å². The third-order valence-corrected chi connectivity index (χ3v) is 1.19. The molecule has 0 saturated heterocycles. The molecule has 0 saturated carbocycles. The summed E-state index contributed by atoms with van der Waals surface area (Å²) in [6.45, 7) is 2.53. The van der Waals surface area contributed by atoms with E-state index in [0.717, 1.165) is 5.82 Å². The van der Waals surface area contributed by atoms with Crippen molar-refractivity contribution < 1.29 is 4.74 Å². The summed E-state index contributed by atoms with van der Waals surface area (Å²) < 4.78 is 6.82. The molecule has 0 radical (unpaired) electrons. The minimum Gasteiger partial charge on any atom is -0.364 e. The summed E-state index contributed by atoms with van der Waals surface area (Å²) in [5.74, 6) is 0.983. The van der Waals surface area contributed by atoms with E-state index in [1.807, 2.05) is 17.7 Å². The molecule has 0 aliphatic rings. The topological polar surface area (TPSA) is 27.1 Å². The average molecular weight is 126 g/mol. The Labute approximate surface area is 54.3 Å². The SMILES string of the molecule is COCn1ccnc1C. The minimum absolute atomic E-state index is 0.589. The molecule has 1 rings (SSSR count). The third kappa shape index (κ3) is 1.29. The third-order valence-electron chi connectivity index (χ3n) is 1.19. The van der Waals surface area contributed by atoms with Crippen LogP contribution in [0.1, 0.15) is 5.82 Å². The first kappa shape index (κ1) is 6.29.